The lowest BCUT2D eigenvalue weighted by Crippen LogP contribution is -2.13. The standard InChI is InChI=1S/C21H24FN7/c1-5-23-19-18-13(4)9-24-20(18)28-21(27-19)26-16-7-6-8-17-14(16)10-25-29(17)11-15(22)12(2)3/h6-10,15H,2,5,11H2,1,3-4H3,(H3,23,24,26,27,28). The number of alkyl halides is 1. The van der Waals surface area contributed by atoms with E-state index >= 15 is 0 Å². The highest BCUT2D eigenvalue weighted by Gasteiger charge is 2.15. The van der Waals surface area contributed by atoms with Gasteiger partial charge in [-0.05, 0) is 44.0 Å². The van der Waals surface area contributed by atoms with Gasteiger partial charge in [-0.2, -0.15) is 15.1 Å². The van der Waals surface area contributed by atoms with E-state index in [2.05, 4.69) is 37.3 Å². The van der Waals surface area contributed by atoms with Crippen molar-refractivity contribution >= 4 is 39.4 Å². The molecule has 0 fully saturated rings. The Morgan fingerprint density at radius 2 is 2.17 bits per heavy atom. The molecule has 4 rings (SSSR count). The van der Waals surface area contributed by atoms with Crippen LogP contribution >= 0.6 is 0 Å². The Hall–Kier alpha value is -3.42. The molecular formula is C21H24FN7. The summed E-state index contributed by atoms with van der Waals surface area (Å²) in [5, 5.41) is 12.8. The van der Waals surface area contributed by atoms with Crippen LogP contribution in [0, 0.1) is 6.92 Å². The molecule has 0 aliphatic heterocycles. The summed E-state index contributed by atoms with van der Waals surface area (Å²) in [6.07, 6.45) is 2.51. The maximum Gasteiger partial charge on any atom is 0.231 e. The zero-order valence-corrected chi connectivity index (χ0v) is 16.8. The number of fused-ring (bicyclic) bond motifs is 2. The molecule has 0 spiro atoms. The number of rotatable bonds is 7. The van der Waals surface area contributed by atoms with Gasteiger partial charge in [0.1, 0.15) is 17.6 Å². The topological polar surface area (TPSA) is 83.5 Å². The highest BCUT2D eigenvalue weighted by atomic mass is 19.1. The zero-order chi connectivity index (χ0) is 20.5. The predicted octanol–water partition coefficient (Wildman–Crippen LogP) is 4.71. The number of halogens is 1. The summed E-state index contributed by atoms with van der Waals surface area (Å²) in [5.41, 5.74) is 3.98. The third kappa shape index (κ3) is 3.53. The number of hydrogen-bond donors (Lipinski definition) is 3. The first kappa shape index (κ1) is 18.9. The molecule has 1 aromatic carbocycles. The summed E-state index contributed by atoms with van der Waals surface area (Å²) < 4.78 is 15.8. The smallest absolute Gasteiger partial charge is 0.231 e. The molecule has 3 aromatic heterocycles. The van der Waals surface area contributed by atoms with Crippen LogP contribution in [0.25, 0.3) is 21.9 Å². The fraction of sp³-hybridized carbons (Fsp3) is 0.286. The van der Waals surface area contributed by atoms with E-state index in [0.29, 0.717) is 11.5 Å². The van der Waals surface area contributed by atoms with Crippen LogP contribution in [0.4, 0.5) is 21.8 Å². The normalized spacial score (nSPS) is 12.4. The number of aromatic amines is 1. The molecule has 0 amide bonds. The van der Waals surface area contributed by atoms with Crippen LogP contribution in [-0.2, 0) is 6.54 Å². The molecule has 0 radical (unpaired) electrons. The van der Waals surface area contributed by atoms with Gasteiger partial charge in [0.2, 0.25) is 5.95 Å². The third-order valence-corrected chi connectivity index (χ3v) is 4.87. The van der Waals surface area contributed by atoms with Crippen molar-refractivity contribution in [1.82, 2.24) is 24.7 Å². The first-order chi connectivity index (χ1) is 14.0. The van der Waals surface area contributed by atoms with E-state index in [1.54, 1.807) is 17.8 Å². The Labute approximate surface area is 168 Å². The van der Waals surface area contributed by atoms with Gasteiger partial charge in [0, 0.05) is 18.1 Å². The van der Waals surface area contributed by atoms with Gasteiger partial charge in [0.05, 0.1) is 29.3 Å². The number of anilines is 3. The van der Waals surface area contributed by atoms with E-state index in [1.165, 1.54) is 0 Å². The van der Waals surface area contributed by atoms with E-state index in [9.17, 15) is 4.39 Å². The van der Waals surface area contributed by atoms with Crippen LogP contribution in [0.2, 0.25) is 0 Å². The maximum absolute atomic E-state index is 14.1. The van der Waals surface area contributed by atoms with Crippen molar-refractivity contribution in [3.05, 3.63) is 48.3 Å². The fourth-order valence-electron chi connectivity index (χ4n) is 3.32. The molecule has 3 heterocycles. The van der Waals surface area contributed by atoms with Crippen molar-refractivity contribution in [2.24, 2.45) is 0 Å². The molecule has 0 bridgehead atoms. The number of hydrogen-bond acceptors (Lipinski definition) is 5. The summed E-state index contributed by atoms with van der Waals surface area (Å²) in [6.45, 7) is 10.3. The zero-order valence-electron chi connectivity index (χ0n) is 16.8. The lowest BCUT2D eigenvalue weighted by atomic mass is 10.2. The lowest BCUT2D eigenvalue weighted by Gasteiger charge is -2.11. The monoisotopic (exact) mass is 393 g/mol. The van der Waals surface area contributed by atoms with E-state index in [-0.39, 0.29) is 6.54 Å². The van der Waals surface area contributed by atoms with Gasteiger partial charge in [-0.15, -0.1) is 0 Å². The summed E-state index contributed by atoms with van der Waals surface area (Å²) in [6, 6.07) is 5.75. The van der Waals surface area contributed by atoms with Crippen molar-refractivity contribution in [1.29, 1.82) is 0 Å². The van der Waals surface area contributed by atoms with Gasteiger partial charge < -0.3 is 15.6 Å². The average Bonchev–Trinajstić information content (AvgIpc) is 3.27. The summed E-state index contributed by atoms with van der Waals surface area (Å²) >= 11 is 0. The Morgan fingerprint density at radius 1 is 1.34 bits per heavy atom. The summed E-state index contributed by atoms with van der Waals surface area (Å²) in [4.78, 5) is 12.4. The summed E-state index contributed by atoms with van der Waals surface area (Å²) in [5.74, 6) is 1.25. The van der Waals surface area contributed by atoms with Crippen molar-refractivity contribution < 1.29 is 4.39 Å². The van der Waals surface area contributed by atoms with Gasteiger partial charge in [0.15, 0.2) is 0 Å². The molecule has 150 valence electrons. The Kier molecular flexibility index (Phi) is 4.92. The minimum Gasteiger partial charge on any atom is -0.370 e. The van der Waals surface area contributed by atoms with Crippen molar-refractivity contribution in [3.63, 3.8) is 0 Å². The van der Waals surface area contributed by atoms with Crippen LogP contribution in [0.1, 0.15) is 19.4 Å². The minimum atomic E-state index is -1.14. The van der Waals surface area contributed by atoms with E-state index in [0.717, 1.165) is 45.5 Å². The number of aromatic nitrogens is 5. The van der Waals surface area contributed by atoms with Gasteiger partial charge in [-0.3, -0.25) is 4.68 Å². The van der Waals surface area contributed by atoms with E-state index in [4.69, 9.17) is 0 Å². The molecular weight excluding hydrogens is 369 g/mol. The average molecular weight is 393 g/mol. The molecule has 1 unspecified atom stereocenters. The summed E-state index contributed by atoms with van der Waals surface area (Å²) in [7, 11) is 0. The second-order valence-corrected chi connectivity index (χ2v) is 7.13. The third-order valence-electron chi connectivity index (χ3n) is 4.87. The molecule has 0 aliphatic rings. The molecule has 29 heavy (non-hydrogen) atoms. The highest BCUT2D eigenvalue weighted by molar-refractivity contribution is 5.94. The molecule has 0 saturated carbocycles. The Morgan fingerprint density at radius 3 is 2.93 bits per heavy atom. The fourth-order valence-corrected chi connectivity index (χ4v) is 3.32. The number of aryl methyl sites for hydroxylation is 1. The first-order valence-corrected chi connectivity index (χ1v) is 9.58. The van der Waals surface area contributed by atoms with Crippen molar-refractivity contribution in [2.75, 3.05) is 17.2 Å². The molecule has 8 heteroatoms. The second kappa shape index (κ2) is 7.54. The van der Waals surface area contributed by atoms with E-state index < -0.39 is 6.17 Å². The highest BCUT2D eigenvalue weighted by Crippen LogP contribution is 2.29. The van der Waals surface area contributed by atoms with Crippen LogP contribution in [-0.4, -0.2) is 37.4 Å². The largest absolute Gasteiger partial charge is 0.370 e. The minimum absolute atomic E-state index is 0.136. The Balaban J connectivity index is 1.71. The van der Waals surface area contributed by atoms with Gasteiger partial charge >= 0.3 is 0 Å². The van der Waals surface area contributed by atoms with Gasteiger partial charge in [-0.25, -0.2) is 4.39 Å². The Bertz CT molecular complexity index is 1190. The molecule has 0 saturated heterocycles. The molecule has 0 aliphatic carbocycles. The van der Waals surface area contributed by atoms with Crippen molar-refractivity contribution in [3.8, 4) is 0 Å². The number of nitrogens with one attached hydrogen (secondary N) is 3. The first-order valence-electron chi connectivity index (χ1n) is 9.58. The van der Waals surface area contributed by atoms with Crippen molar-refractivity contribution in [2.45, 2.75) is 33.5 Å². The van der Waals surface area contributed by atoms with Crippen LogP contribution in [0.15, 0.2) is 42.7 Å². The molecule has 4 aromatic rings. The predicted molar refractivity (Wildman–Crippen MR) is 116 cm³/mol. The van der Waals surface area contributed by atoms with E-state index in [1.807, 2.05) is 38.2 Å². The number of benzene rings is 1. The number of allylic oxidation sites excluding steroid dienone is 1. The van der Waals surface area contributed by atoms with Crippen LogP contribution in [0.3, 0.4) is 0 Å². The molecule has 3 N–H and O–H groups in total. The number of H-pyrrole nitrogens is 1. The van der Waals surface area contributed by atoms with Crippen LogP contribution in [0.5, 0.6) is 0 Å². The number of nitrogens with zero attached hydrogens (tertiary/aromatic N) is 4. The lowest BCUT2D eigenvalue weighted by molar-refractivity contribution is 0.332. The SMILES string of the molecule is C=C(C)C(F)Cn1ncc2c(Nc3nc(NCC)c4c(C)c[nH]c4n3)cccc21. The second-order valence-electron chi connectivity index (χ2n) is 7.13. The maximum atomic E-state index is 14.1. The molecule has 1 atom stereocenters. The van der Waals surface area contributed by atoms with Gasteiger partial charge in [0.25, 0.3) is 0 Å². The quantitative estimate of drug-likeness (QED) is 0.396. The molecule has 7 nitrogen and oxygen atoms in total. The van der Waals surface area contributed by atoms with Crippen LogP contribution < -0.4 is 10.6 Å². The van der Waals surface area contributed by atoms with Gasteiger partial charge in [-0.1, -0.05) is 12.6 Å².